The average molecular weight is 483 g/mol. The van der Waals surface area contributed by atoms with Crippen molar-refractivity contribution < 1.29 is 31.9 Å². The summed E-state index contributed by atoms with van der Waals surface area (Å²) < 4.78 is 47.7. The number of amides is 2. The summed E-state index contributed by atoms with van der Waals surface area (Å²) in [5.41, 5.74) is 5.54. The maximum atomic E-state index is 12.6. The lowest BCUT2D eigenvalue weighted by atomic mass is 10.3. The van der Waals surface area contributed by atoms with Gasteiger partial charge in [0, 0.05) is 18.5 Å². The van der Waals surface area contributed by atoms with Crippen LogP contribution in [0.15, 0.2) is 52.2 Å². The van der Waals surface area contributed by atoms with Gasteiger partial charge in [-0.25, -0.2) is 0 Å². The van der Waals surface area contributed by atoms with Gasteiger partial charge in [-0.2, -0.15) is 0 Å². The van der Waals surface area contributed by atoms with Gasteiger partial charge in [0.25, 0.3) is 0 Å². The van der Waals surface area contributed by atoms with Crippen molar-refractivity contribution in [2.45, 2.75) is 43.1 Å². The highest BCUT2D eigenvalue weighted by molar-refractivity contribution is 8.00. The van der Waals surface area contributed by atoms with E-state index in [0.29, 0.717) is 29.0 Å². The number of thioether (sulfide) groups is 1. The molecule has 13 heteroatoms. The average Bonchev–Trinajstić information content (AvgIpc) is 3.37. The third-order valence-corrected chi connectivity index (χ3v) is 5.37. The third-order valence-electron chi connectivity index (χ3n) is 4.29. The lowest BCUT2D eigenvalue weighted by Gasteiger charge is -2.14. The minimum Gasteiger partial charge on any atom is -0.467 e. The molecule has 0 saturated heterocycles. The number of primary amides is 1. The SMILES string of the molecule is C[C@@H](Sc1nnc(CCC(N)=O)n1Cc1ccco1)C(=O)Nc1ccc(OC(F)(F)F)cc1. The molecule has 176 valence electrons. The molecule has 0 aliphatic heterocycles. The second-order valence-electron chi connectivity index (χ2n) is 6.85. The molecule has 3 rings (SSSR count). The van der Waals surface area contributed by atoms with Crippen molar-refractivity contribution in [3.05, 3.63) is 54.2 Å². The van der Waals surface area contributed by atoms with E-state index in [-0.39, 0.29) is 12.8 Å². The molecule has 0 radical (unpaired) electrons. The van der Waals surface area contributed by atoms with Gasteiger partial charge in [-0.15, -0.1) is 23.4 Å². The largest absolute Gasteiger partial charge is 0.573 e. The topological polar surface area (TPSA) is 125 Å². The zero-order valence-electron chi connectivity index (χ0n) is 17.3. The number of anilines is 1. The minimum atomic E-state index is -4.79. The van der Waals surface area contributed by atoms with Crippen LogP contribution in [0.3, 0.4) is 0 Å². The van der Waals surface area contributed by atoms with Gasteiger partial charge in [-0.1, -0.05) is 11.8 Å². The van der Waals surface area contributed by atoms with Gasteiger partial charge in [0.05, 0.1) is 18.1 Å². The second-order valence-corrected chi connectivity index (χ2v) is 8.16. The van der Waals surface area contributed by atoms with Crippen molar-refractivity contribution in [2.24, 2.45) is 5.73 Å². The zero-order chi connectivity index (χ0) is 24.0. The number of aromatic nitrogens is 3. The fourth-order valence-corrected chi connectivity index (χ4v) is 3.61. The molecule has 1 atom stereocenters. The second kappa shape index (κ2) is 10.4. The van der Waals surface area contributed by atoms with Gasteiger partial charge >= 0.3 is 6.36 Å². The Morgan fingerprint density at radius 2 is 1.97 bits per heavy atom. The van der Waals surface area contributed by atoms with Crippen LogP contribution in [0.1, 0.15) is 24.9 Å². The Balaban J connectivity index is 1.67. The minimum absolute atomic E-state index is 0.0883. The maximum absolute atomic E-state index is 12.6. The number of aryl methyl sites for hydroxylation is 1. The number of benzene rings is 1. The quantitative estimate of drug-likeness (QED) is 0.424. The number of nitrogens with one attached hydrogen (secondary N) is 1. The summed E-state index contributed by atoms with van der Waals surface area (Å²) in [5, 5.41) is 10.7. The summed E-state index contributed by atoms with van der Waals surface area (Å²) in [6.45, 7) is 1.95. The summed E-state index contributed by atoms with van der Waals surface area (Å²) in [6, 6.07) is 8.32. The number of rotatable bonds is 10. The van der Waals surface area contributed by atoms with Crippen molar-refractivity contribution >= 4 is 29.3 Å². The van der Waals surface area contributed by atoms with E-state index in [2.05, 4.69) is 20.3 Å². The van der Waals surface area contributed by atoms with E-state index >= 15 is 0 Å². The first-order chi connectivity index (χ1) is 15.6. The van der Waals surface area contributed by atoms with Crippen LogP contribution in [0.5, 0.6) is 5.75 Å². The van der Waals surface area contributed by atoms with E-state index in [4.69, 9.17) is 10.2 Å². The monoisotopic (exact) mass is 483 g/mol. The first-order valence-electron chi connectivity index (χ1n) is 9.67. The molecule has 9 nitrogen and oxygen atoms in total. The van der Waals surface area contributed by atoms with Crippen LogP contribution in [0, 0.1) is 0 Å². The summed E-state index contributed by atoms with van der Waals surface area (Å²) in [4.78, 5) is 23.8. The van der Waals surface area contributed by atoms with Crippen LogP contribution in [0.2, 0.25) is 0 Å². The molecule has 3 aromatic rings. The molecule has 0 saturated carbocycles. The first-order valence-corrected chi connectivity index (χ1v) is 10.5. The highest BCUT2D eigenvalue weighted by atomic mass is 32.2. The highest BCUT2D eigenvalue weighted by Crippen LogP contribution is 2.27. The Morgan fingerprint density at radius 1 is 1.24 bits per heavy atom. The Morgan fingerprint density at radius 3 is 2.58 bits per heavy atom. The van der Waals surface area contributed by atoms with Crippen LogP contribution >= 0.6 is 11.8 Å². The van der Waals surface area contributed by atoms with E-state index in [1.807, 2.05) is 0 Å². The molecule has 0 aliphatic rings. The van der Waals surface area contributed by atoms with Crippen molar-refractivity contribution in [1.82, 2.24) is 14.8 Å². The van der Waals surface area contributed by atoms with Crippen molar-refractivity contribution in [2.75, 3.05) is 5.32 Å². The van der Waals surface area contributed by atoms with Crippen LogP contribution in [0.4, 0.5) is 18.9 Å². The Bertz CT molecular complexity index is 1080. The van der Waals surface area contributed by atoms with E-state index in [1.54, 1.807) is 23.6 Å². The number of nitrogens with zero attached hydrogens (tertiary/aromatic N) is 3. The number of nitrogens with two attached hydrogens (primary N) is 1. The van der Waals surface area contributed by atoms with Crippen LogP contribution in [-0.4, -0.2) is 38.2 Å². The smallest absolute Gasteiger partial charge is 0.467 e. The molecule has 0 spiro atoms. The fourth-order valence-electron chi connectivity index (χ4n) is 2.74. The number of halogens is 3. The van der Waals surface area contributed by atoms with Gasteiger partial charge in [-0.3, -0.25) is 14.2 Å². The molecular formula is C20H20F3N5O4S. The van der Waals surface area contributed by atoms with E-state index < -0.39 is 29.2 Å². The Labute approximate surface area is 190 Å². The van der Waals surface area contributed by atoms with Gasteiger partial charge in [-0.05, 0) is 43.3 Å². The van der Waals surface area contributed by atoms with Gasteiger partial charge in [0.15, 0.2) is 5.16 Å². The molecule has 2 aromatic heterocycles. The lowest BCUT2D eigenvalue weighted by Crippen LogP contribution is -2.23. The lowest BCUT2D eigenvalue weighted by molar-refractivity contribution is -0.274. The van der Waals surface area contributed by atoms with E-state index in [0.717, 1.165) is 23.9 Å². The Hall–Kier alpha value is -3.48. The maximum Gasteiger partial charge on any atom is 0.573 e. The molecule has 2 amide bonds. The normalized spacial score (nSPS) is 12.4. The van der Waals surface area contributed by atoms with Gasteiger partial charge in [0.1, 0.15) is 17.3 Å². The summed E-state index contributed by atoms with van der Waals surface area (Å²) in [6.07, 6.45) is -2.91. The predicted octanol–water partition coefficient (Wildman–Crippen LogP) is 3.36. The zero-order valence-corrected chi connectivity index (χ0v) is 18.2. The van der Waals surface area contributed by atoms with Crippen LogP contribution in [-0.2, 0) is 22.6 Å². The first kappa shape index (κ1) is 24.2. The van der Waals surface area contributed by atoms with Crippen LogP contribution < -0.4 is 15.8 Å². The number of hydrogen-bond acceptors (Lipinski definition) is 7. The number of carbonyl (C=O) groups is 2. The number of ether oxygens (including phenoxy) is 1. The van der Waals surface area contributed by atoms with Crippen molar-refractivity contribution in [3.8, 4) is 5.75 Å². The number of alkyl halides is 3. The summed E-state index contributed by atoms with van der Waals surface area (Å²) in [5.74, 6) is -0.111. The molecule has 0 unspecified atom stereocenters. The number of hydrogen-bond donors (Lipinski definition) is 2. The molecule has 0 aliphatic carbocycles. The molecule has 0 fully saturated rings. The number of furan rings is 1. The van der Waals surface area contributed by atoms with Gasteiger partial charge in [0.2, 0.25) is 11.8 Å². The molecule has 1 aromatic carbocycles. The molecule has 3 N–H and O–H groups in total. The molecule has 2 heterocycles. The highest BCUT2D eigenvalue weighted by Gasteiger charge is 2.31. The van der Waals surface area contributed by atoms with Crippen LogP contribution in [0.25, 0.3) is 0 Å². The molecule has 33 heavy (non-hydrogen) atoms. The molecular weight excluding hydrogens is 463 g/mol. The summed E-state index contributed by atoms with van der Waals surface area (Å²) in [7, 11) is 0. The van der Waals surface area contributed by atoms with Crippen molar-refractivity contribution in [1.29, 1.82) is 0 Å². The predicted molar refractivity (Wildman–Crippen MR) is 112 cm³/mol. The van der Waals surface area contributed by atoms with E-state index in [9.17, 15) is 22.8 Å². The van der Waals surface area contributed by atoms with E-state index in [1.165, 1.54) is 18.4 Å². The standard InChI is InChI=1S/C20H20F3N5O4S/c1-12(18(30)25-13-4-6-14(7-5-13)32-20(21,22)23)33-19-27-26-17(9-8-16(24)29)28(19)11-15-3-2-10-31-15/h2-7,10,12H,8-9,11H2,1H3,(H2,24,29)(H,25,30)/t12-/m1/s1. The van der Waals surface area contributed by atoms with Crippen molar-refractivity contribution in [3.63, 3.8) is 0 Å². The summed E-state index contributed by atoms with van der Waals surface area (Å²) >= 11 is 1.13. The fraction of sp³-hybridized carbons (Fsp3) is 0.300. The number of carbonyl (C=O) groups excluding carboxylic acids is 2. The molecule has 0 bridgehead atoms. The van der Waals surface area contributed by atoms with Gasteiger partial charge < -0.3 is 20.2 Å². The third kappa shape index (κ3) is 7.27. The Kier molecular flexibility index (Phi) is 7.63.